The molecule has 0 fully saturated rings. The first-order valence-electron chi connectivity index (χ1n) is 7.36. The lowest BCUT2D eigenvalue weighted by Gasteiger charge is -2.16. The van der Waals surface area contributed by atoms with E-state index < -0.39 is 0 Å². The summed E-state index contributed by atoms with van der Waals surface area (Å²) >= 11 is 1.65. The first-order valence-corrected chi connectivity index (χ1v) is 8.18. The van der Waals surface area contributed by atoms with Gasteiger partial charge < -0.3 is 5.32 Å². The topological polar surface area (TPSA) is 59.8 Å². The highest BCUT2D eigenvalue weighted by Crippen LogP contribution is 2.32. The van der Waals surface area contributed by atoms with Gasteiger partial charge in [-0.2, -0.15) is 5.10 Å². The zero-order chi connectivity index (χ0) is 14.8. The second-order valence-electron chi connectivity index (χ2n) is 5.71. The van der Waals surface area contributed by atoms with Crippen molar-refractivity contribution in [3.8, 4) is 0 Å². The van der Waals surface area contributed by atoms with E-state index in [2.05, 4.69) is 28.4 Å². The van der Waals surface area contributed by atoms with Gasteiger partial charge in [-0.05, 0) is 36.8 Å². The van der Waals surface area contributed by atoms with Gasteiger partial charge in [-0.15, -0.1) is 11.3 Å². The lowest BCUT2D eigenvalue weighted by Crippen LogP contribution is -2.25. The van der Waals surface area contributed by atoms with Gasteiger partial charge in [0.05, 0.1) is 4.88 Å². The molecule has 6 heteroatoms. The van der Waals surface area contributed by atoms with Gasteiger partial charge in [0.25, 0.3) is 5.91 Å². The number of carbonyl (C=O) groups excluding carboxylic acids is 1. The Kier molecular flexibility index (Phi) is 4.05. The molecule has 1 N–H and O–H groups in total. The highest BCUT2D eigenvalue weighted by atomic mass is 32.1. The molecular weight excluding hydrogens is 284 g/mol. The van der Waals surface area contributed by atoms with Gasteiger partial charge in [-0.1, -0.05) is 6.92 Å². The van der Waals surface area contributed by atoms with E-state index in [1.807, 2.05) is 7.05 Å². The summed E-state index contributed by atoms with van der Waals surface area (Å²) in [5, 5.41) is 6.99. The van der Waals surface area contributed by atoms with Gasteiger partial charge in [-0.3, -0.25) is 9.48 Å². The highest BCUT2D eigenvalue weighted by molar-refractivity contribution is 7.14. The molecular formula is C15H20N4OS. The first-order chi connectivity index (χ1) is 10.1. The first kappa shape index (κ1) is 14.3. The van der Waals surface area contributed by atoms with Crippen LogP contribution in [0.3, 0.4) is 0 Å². The Bertz CT molecular complexity index is 646. The van der Waals surface area contributed by atoms with Gasteiger partial charge in [0.1, 0.15) is 12.2 Å². The van der Waals surface area contributed by atoms with Crippen LogP contribution < -0.4 is 5.32 Å². The number of aryl methyl sites for hydroxylation is 2. The SMILES string of the molecule is CC1CCc2sc(C(=O)NCCc3ncnn3C)cc2C1. The Balaban J connectivity index is 1.57. The minimum absolute atomic E-state index is 0.0317. The fourth-order valence-corrected chi connectivity index (χ4v) is 3.86. The van der Waals surface area contributed by atoms with Gasteiger partial charge in [0.2, 0.25) is 0 Å². The molecule has 5 nitrogen and oxygen atoms in total. The summed E-state index contributed by atoms with van der Waals surface area (Å²) in [6.07, 6.45) is 5.70. The van der Waals surface area contributed by atoms with Crippen molar-refractivity contribution >= 4 is 17.2 Å². The van der Waals surface area contributed by atoms with Crippen LogP contribution in [0.4, 0.5) is 0 Å². The molecule has 0 radical (unpaired) electrons. The third-order valence-electron chi connectivity index (χ3n) is 3.99. The Morgan fingerprint density at radius 1 is 1.57 bits per heavy atom. The number of carbonyl (C=O) groups is 1. The monoisotopic (exact) mass is 304 g/mol. The molecule has 0 saturated carbocycles. The summed E-state index contributed by atoms with van der Waals surface area (Å²) in [6.45, 7) is 2.87. The number of thiophene rings is 1. The summed E-state index contributed by atoms with van der Waals surface area (Å²) in [4.78, 5) is 18.6. The van der Waals surface area contributed by atoms with E-state index in [1.165, 1.54) is 23.2 Å². The molecule has 1 atom stereocenters. The van der Waals surface area contributed by atoms with Crippen molar-refractivity contribution in [1.82, 2.24) is 20.1 Å². The highest BCUT2D eigenvalue weighted by Gasteiger charge is 2.20. The van der Waals surface area contributed by atoms with Crippen molar-refractivity contribution in [3.05, 3.63) is 33.5 Å². The fraction of sp³-hybridized carbons (Fsp3) is 0.533. The number of aromatic nitrogens is 3. The maximum Gasteiger partial charge on any atom is 0.261 e. The van der Waals surface area contributed by atoms with Gasteiger partial charge in [-0.25, -0.2) is 4.98 Å². The summed E-state index contributed by atoms with van der Waals surface area (Å²) in [7, 11) is 1.86. The zero-order valence-corrected chi connectivity index (χ0v) is 13.2. The fourth-order valence-electron chi connectivity index (χ4n) is 2.74. The van der Waals surface area contributed by atoms with Gasteiger partial charge in [0, 0.05) is 24.9 Å². The Labute approximate surface area is 128 Å². The molecule has 0 saturated heterocycles. The van der Waals surface area contributed by atoms with Crippen LogP contribution in [0, 0.1) is 5.92 Å². The average molecular weight is 304 g/mol. The molecule has 1 aliphatic carbocycles. The second-order valence-corrected chi connectivity index (χ2v) is 6.85. The lowest BCUT2D eigenvalue weighted by molar-refractivity contribution is 0.0958. The van der Waals surface area contributed by atoms with Crippen LogP contribution >= 0.6 is 11.3 Å². The van der Waals surface area contributed by atoms with E-state index >= 15 is 0 Å². The molecule has 3 rings (SSSR count). The van der Waals surface area contributed by atoms with Crippen LogP contribution in [0.2, 0.25) is 0 Å². The summed E-state index contributed by atoms with van der Waals surface area (Å²) in [5.74, 6) is 1.65. The zero-order valence-electron chi connectivity index (χ0n) is 12.4. The number of fused-ring (bicyclic) bond motifs is 1. The number of nitrogens with one attached hydrogen (secondary N) is 1. The predicted octanol–water partition coefficient (Wildman–Crippen LogP) is 1.97. The maximum absolute atomic E-state index is 12.2. The molecule has 0 aromatic carbocycles. The largest absolute Gasteiger partial charge is 0.351 e. The molecule has 1 unspecified atom stereocenters. The van der Waals surface area contributed by atoms with Gasteiger partial charge >= 0.3 is 0 Å². The maximum atomic E-state index is 12.2. The van der Waals surface area contributed by atoms with Gasteiger partial charge in [0.15, 0.2) is 0 Å². The second kappa shape index (κ2) is 5.97. The van der Waals surface area contributed by atoms with Crippen molar-refractivity contribution in [2.45, 2.75) is 32.6 Å². The molecule has 112 valence electrons. The molecule has 2 aromatic heterocycles. The minimum Gasteiger partial charge on any atom is -0.351 e. The number of hydrogen-bond donors (Lipinski definition) is 1. The van der Waals surface area contributed by atoms with E-state index in [0.717, 1.165) is 29.5 Å². The molecule has 0 spiro atoms. The predicted molar refractivity (Wildman–Crippen MR) is 82.5 cm³/mol. The molecule has 0 aliphatic heterocycles. The van der Waals surface area contributed by atoms with Crippen LogP contribution in [0.5, 0.6) is 0 Å². The van der Waals surface area contributed by atoms with Crippen LogP contribution in [0.1, 0.15) is 39.3 Å². The van der Waals surface area contributed by atoms with E-state index in [1.54, 1.807) is 16.0 Å². The molecule has 21 heavy (non-hydrogen) atoms. The molecule has 2 heterocycles. The van der Waals surface area contributed by atoms with E-state index in [0.29, 0.717) is 13.0 Å². The molecule has 1 amide bonds. The standard InChI is InChI=1S/C15H20N4OS/c1-10-3-4-12-11(7-10)8-13(21-12)15(20)16-6-5-14-17-9-18-19(14)2/h8-10H,3-7H2,1-2H3,(H,16,20). The van der Waals surface area contributed by atoms with Crippen LogP contribution in [0.15, 0.2) is 12.4 Å². The third kappa shape index (κ3) is 3.15. The Morgan fingerprint density at radius 3 is 3.19 bits per heavy atom. The van der Waals surface area contributed by atoms with Crippen molar-refractivity contribution < 1.29 is 4.79 Å². The smallest absolute Gasteiger partial charge is 0.261 e. The van der Waals surface area contributed by atoms with Crippen LogP contribution in [-0.4, -0.2) is 27.2 Å². The van der Waals surface area contributed by atoms with Crippen LogP contribution in [0.25, 0.3) is 0 Å². The minimum atomic E-state index is 0.0317. The number of hydrogen-bond acceptors (Lipinski definition) is 4. The summed E-state index contributed by atoms with van der Waals surface area (Å²) in [6, 6.07) is 2.08. The van der Waals surface area contributed by atoms with E-state index in [9.17, 15) is 4.79 Å². The molecule has 0 bridgehead atoms. The quantitative estimate of drug-likeness (QED) is 0.939. The van der Waals surface area contributed by atoms with Crippen molar-refractivity contribution in [1.29, 1.82) is 0 Å². The summed E-state index contributed by atoms with van der Waals surface area (Å²) < 4.78 is 1.73. The van der Waals surface area contributed by atoms with E-state index in [4.69, 9.17) is 0 Å². The summed E-state index contributed by atoms with van der Waals surface area (Å²) in [5.41, 5.74) is 1.37. The molecule has 2 aromatic rings. The van der Waals surface area contributed by atoms with Crippen molar-refractivity contribution in [2.24, 2.45) is 13.0 Å². The molecule has 1 aliphatic rings. The average Bonchev–Trinajstić information content (AvgIpc) is 3.05. The number of amides is 1. The lowest BCUT2D eigenvalue weighted by atomic mass is 9.90. The van der Waals surface area contributed by atoms with Crippen molar-refractivity contribution in [2.75, 3.05) is 6.54 Å². The number of nitrogens with zero attached hydrogens (tertiary/aromatic N) is 3. The normalized spacial score (nSPS) is 17.5. The third-order valence-corrected chi connectivity index (χ3v) is 5.23. The van der Waals surface area contributed by atoms with E-state index in [-0.39, 0.29) is 5.91 Å². The van der Waals surface area contributed by atoms with Crippen LogP contribution in [-0.2, 0) is 26.3 Å². The Hall–Kier alpha value is -1.69. The number of rotatable bonds is 4. The Morgan fingerprint density at radius 2 is 2.43 bits per heavy atom. The van der Waals surface area contributed by atoms with Crippen molar-refractivity contribution in [3.63, 3.8) is 0 Å².